The number of aromatic nitrogens is 2. The number of halogens is 6. The lowest BCUT2D eigenvalue weighted by atomic mass is 9.93. The molecule has 1 saturated heterocycles. The lowest BCUT2D eigenvalue weighted by molar-refractivity contribution is -0.133. The van der Waals surface area contributed by atoms with Gasteiger partial charge in [0, 0.05) is 33.2 Å². The van der Waals surface area contributed by atoms with E-state index < -0.39 is 36.6 Å². The lowest BCUT2D eigenvalue weighted by Crippen LogP contribution is -2.38. The van der Waals surface area contributed by atoms with Crippen LogP contribution in [0.4, 0.5) is 34.9 Å². The van der Waals surface area contributed by atoms with Crippen LogP contribution in [0.15, 0.2) is 24.3 Å². The quantitative estimate of drug-likeness (QED) is 0.215. The molecule has 1 saturated carbocycles. The molecule has 2 fully saturated rings. The van der Waals surface area contributed by atoms with Crippen molar-refractivity contribution in [2.45, 2.75) is 64.3 Å². The molecule has 1 aromatic heterocycles. The monoisotopic (exact) mass is 656 g/mol. The highest BCUT2D eigenvalue weighted by atomic mass is 35.5. The third kappa shape index (κ3) is 7.01. The van der Waals surface area contributed by atoms with Crippen molar-refractivity contribution in [3.8, 4) is 0 Å². The molecule has 0 unspecified atom stereocenters. The average Bonchev–Trinajstić information content (AvgIpc) is 3.63. The number of fused-ring (bicyclic) bond motifs is 1. The molecule has 3 N–H and O–H groups in total. The van der Waals surface area contributed by atoms with Gasteiger partial charge in [-0.25, -0.2) is 9.37 Å². The van der Waals surface area contributed by atoms with Crippen LogP contribution in [0, 0.1) is 5.41 Å². The molecule has 3 aromatic rings. The maximum Gasteiger partial charge on any atom is 0.390 e. The Hall–Kier alpha value is -3.25. The highest BCUT2D eigenvalue weighted by Crippen LogP contribution is 2.54. The molecule has 2 aromatic carbocycles. The summed E-state index contributed by atoms with van der Waals surface area (Å²) in [6, 6.07) is 6.64. The standard InChI is InChI=1S/C30H34Cl2F4N6O2/c1-28(2,33)26(44)38-16-17-4-5-19(31)24(23(17)32)40-27-39-20-14-18(25(43)37-11-8-30(34,35)36)21(15-22(20)41(27)3)42-12-9-29(6-7-29)10-13-42/h4-5,14-15H,6-13,16H2,1-3H3,(H,37,43)(H,38,44)(H,39,40). The summed E-state index contributed by atoms with van der Waals surface area (Å²) in [6.45, 7) is 3.23. The van der Waals surface area contributed by atoms with Gasteiger partial charge >= 0.3 is 6.18 Å². The fraction of sp³-hybridized carbons (Fsp3) is 0.500. The van der Waals surface area contributed by atoms with Gasteiger partial charge in [-0.15, -0.1) is 0 Å². The Morgan fingerprint density at radius 1 is 1.02 bits per heavy atom. The summed E-state index contributed by atoms with van der Waals surface area (Å²) >= 11 is 13.1. The van der Waals surface area contributed by atoms with E-state index in [9.17, 15) is 27.2 Å². The number of hydrogen-bond acceptors (Lipinski definition) is 5. The smallest absolute Gasteiger partial charge is 0.371 e. The molecule has 14 heteroatoms. The minimum atomic E-state index is -4.39. The van der Waals surface area contributed by atoms with Crippen molar-refractivity contribution in [1.82, 2.24) is 20.2 Å². The number of alkyl halides is 4. The first-order valence-corrected chi connectivity index (χ1v) is 15.1. The number of benzene rings is 2. The van der Waals surface area contributed by atoms with Gasteiger partial charge in [-0.2, -0.15) is 13.2 Å². The topological polar surface area (TPSA) is 91.3 Å². The zero-order chi connectivity index (χ0) is 32.0. The van der Waals surface area contributed by atoms with E-state index in [1.165, 1.54) is 12.8 Å². The molecule has 1 spiro atoms. The van der Waals surface area contributed by atoms with Gasteiger partial charge in [0.15, 0.2) is 5.67 Å². The Bertz CT molecular complexity index is 1590. The molecule has 5 rings (SSSR count). The molecule has 2 amide bonds. The highest BCUT2D eigenvalue weighted by molar-refractivity contribution is 6.39. The Kier molecular flexibility index (Phi) is 8.71. The number of imidazole rings is 1. The zero-order valence-electron chi connectivity index (χ0n) is 24.6. The number of amides is 2. The van der Waals surface area contributed by atoms with E-state index in [4.69, 9.17) is 23.2 Å². The third-order valence-corrected chi connectivity index (χ3v) is 9.19. The normalized spacial score (nSPS) is 16.3. The number of carbonyl (C=O) groups is 2. The molecular formula is C30H34Cl2F4N6O2. The van der Waals surface area contributed by atoms with Crippen LogP contribution < -0.4 is 20.9 Å². The van der Waals surface area contributed by atoms with Crippen molar-refractivity contribution in [1.29, 1.82) is 0 Å². The van der Waals surface area contributed by atoms with E-state index in [1.807, 2.05) is 6.07 Å². The number of hydrogen-bond donors (Lipinski definition) is 3. The van der Waals surface area contributed by atoms with Crippen LogP contribution in [0.25, 0.3) is 11.0 Å². The second-order valence-corrected chi connectivity index (χ2v) is 12.9. The second kappa shape index (κ2) is 11.9. The predicted octanol–water partition coefficient (Wildman–Crippen LogP) is 7.05. The summed E-state index contributed by atoms with van der Waals surface area (Å²) < 4.78 is 54.0. The summed E-state index contributed by atoms with van der Waals surface area (Å²) in [5.41, 5.74) is 1.14. The van der Waals surface area contributed by atoms with Crippen molar-refractivity contribution >= 4 is 63.4 Å². The van der Waals surface area contributed by atoms with Gasteiger partial charge in [0.25, 0.3) is 11.8 Å². The average molecular weight is 658 g/mol. The summed E-state index contributed by atoms with van der Waals surface area (Å²) in [5.74, 6) is -1.05. The van der Waals surface area contributed by atoms with Gasteiger partial charge < -0.3 is 25.4 Å². The molecule has 1 aliphatic heterocycles. The lowest BCUT2D eigenvalue weighted by Gasteiger charge is -2.35. The minimum absolute atomic E-state index is 0.0350. The fourth-order valence-corrected chi connectivity index (χ4v) is 5.97. The van der Waals surface area contributed by atoms with Gasteiger partial charge in [0.1, 0.15) is 0 Å². The van der Waals surface area contributed by atoms with Crippen LogP contribution in [0.1, 0.15) is 61.9 Å². The molecule has 1 aliphatic carbocycles. The number of carbonyl (C=O) groups excluding carboxylic acids is 2. The van der Waals surface area contributed by atoms with Gasteiger partial charge in [0.05, 0.1) is 44.4 Å². The van der Waals surface area contributed by atoms with E-state index in [0.717, 1.165) is 39.8 Å². The number of rotatable bonds is 9. The fourth-order valence-electron chi connectivity index (χ4n) is 5.44. The maximum absolute atomic E-state index is 14.0. The largest absolute Gasteiger partial charge is 0.390 e. The van der Waals surface area contributed by atoms with Crippen LogP contribution in [-0.4, -0.2) is 52.8 Å². The first-order chi connectivity index (χ1) is 20.6. The summed E-state index contributed by atoms with van der Waals surface area (Å²) in [6.07, 6.45) is -1.12. The number of piperidine rings is 1. The Morgan fingerprint density at radius 3 is 2.32 bits per heavy atom. The van der Waals surface area contributed by atoms with Crippen LogP contribution >= 0.6 is 23.2 Å². The molecule has 8 nitrogen and oxygen atoms in total. The number of aryl methyl sites for hydroxylation is 1. The van der Waals surface area contributed by atoms with E-state index in [1.54, 1.807) is 29.8 Å². The summed E-state index contributed by atoms with van der Waals surface area (Å²) in [4.78, 5) is 32.0. The number of anilines is 3. The van der Waals surface area contributed by atoms with Crippen LogP contribution in [0.3, 0.4) is 0 Å². The van der Waals surface area contributed by atoms with Crippen molar-refractivity contribution in [3.63, 3.8) is 0 Å². The van der Waals surface area contributed by atoms with E-state index in [2.05, 4.69) is 25.8 Å². The Labute approximate surface area is 262 Å². The molecule has 0 atom stereocenters. The van der Waals surface area contributed by atoms with Crippen molar-refractivity contribution < 1.29 is 27.2 Å². The van der Waals surface area contributed by atoms with Crippen LogP contribution in [0.2, 0.25) is 10.0 Å². The molecule has 0 bridgehead atoms. The first-order valence-electron chi connectivity index (χ1n) is 14.4. The molecule has 2 heterocycles. The highest BCUT2D eigenvalue weighted by Gasteiger charge is 2.44. The maximum atomic E-state index is 14.0. The van der Waals surface area contributed by atoms with Gasteiger partial charge in [-0.1, -0.05) is 29.3 Å². The van der Waals surface area contributed by atoms with Crippen LogP contribution in [0.5, 0.6) is 0 Å². The summed E-state index contributed by atoms with van der Waals surface area (Å²) in [7, 11) is 1.77. The number of nitrogens with zero attached hydrogens (tertiary/aromatic N) is 3. The Morgan fingerprint density at radius 2 is 1.70 bits per heavy atom. The number of nitrogens with one attached hydrogen (secondary N) is 3. The van der Waals surface area contributed by atoms with Crippen molar-refractivity contribution in [2.24, 2.45) is 12.5 Å². The molecular weight excluding hydrogens is 623 g/mol. The summed E-state index contributed by atoms with van der Waals surface area (Å²) in [5, 5.41) is 8.54. The van der Waals surface area contributed by atoms with E-state index in [0.29, 0.717) is 39.3 Å². The predicted molar refractivity (Wildman–Crippen MR) is 164 cm³/mol. The third-order valence-electron chi connectivity index (χ3n) is 8.45. The SMILES string of the molecule is Cn1c(Nc2c(Cl)ccc(CNC(=O)C(C)(C)F)c2Cl)nc2cc(C(=O)NCCC(F)(F)F)c(N3CCC4(CC3)CC4)cc21. The molecule has 0 radical (unpaired) electrons. The van der Waals surface area contributed by atoms with Gasteiger partial charge in [-0.05, 0) is 68.7 Å². The van der Waals surface area contributed by atoms with Crippen molar-refractivity contribution in [3.05, 3.63) is 45.4 Å². The van der Waals surface area contributed by atoms with Crippen LogP contribution in [-0.2, 0) is 18.4 Å². The van der Waals surface area contributed by atoms with Gasteiger partial charge in [0.2, 0.25) is 5.95 Å². The molecule has 238 valence electrons. The zero-order valence-corrected chi connectivity index (χ0v) is 26.1. The van der Waals surface area contributed by atoms with Gasteiger partial charge in [-0.3, -0.25) is 9.59 Å². The van der Waals surface area contributed by atoms with E-state index in [-0.39, 0.29) is 22.2 Å². The Balaban J connectivity index is 1.45. The molecule has 2 aliphatic rings. The second-order valence-electron chi connectivity index (χ2n) is 12.1. The van der Waals surface area contributed by atoms with Crippen molar-refractivity contribution in [2.75, 3.05) is 29.9 Å². The molecule has 44 heavy (non-hydrogen) atoms. The minimum Gasteiger partial charge on any atom is -0.371 e. The van der Waals surface area contributed by atoms with E-state index >= 15 is 0 Å². The first kappa shape index (κ1) is 32.2.